The predicted molar refractivity (Wildman–Crippen MR) is 71.1 cm³/mol. The van der Waals surface area contributed by atoms with Gasteiger partial charge in [-0.15, -0.1) is 24.8 Å². The highest BCUT2D eigenvalue weighted by Gasteiger charge is 2.30. The molecular weight excluding hydrogens is 263 g/mol. The summed E-state index contributed by atoms with van der Waals surface area (Å²) in [6.07, 6.45) is 3.43. The highest BCUT2D eigenvalue weighted by molar-refractivity contribution is 5.85. The summed E-state index contributed by atoms with van der Waals surface area (Å²) in [6.45, 7) is 0. The lowest BCUT2D eigenvalue weighted by atomic mass is 9.87. The van der Waals surface area contributed by atoms with Crippen molar-refractivity contribution in [3.05, 3.63) is 28.8 Å². The van der Waals surface area contributed by atoms with Gasteiger partial charge in [0.2, 0.25) is 0 Å². The lowest BCUT2D eigenvalue weighted by Gasteiger charge is -2.32. The van der Waals surface area contributed by atoms with Crippen molar-refractivity contribution < 1.29 is 0 Å². The van der Waals surface area contributed by atoms with Crippen molar-refractivity contribution in [2.24, 2.45) is 5.73 Å². The summed E-state index contributed by atoms with van der Waals surface area (Å²) in [5, 5.41) is 0. The third-order valence-electron chi connectivity index (χ3n) is 2.99. The summed E-state index contributed by atoms with van der Waals surface area (Å²) in [7, 11) is 0. The molecule has 7 heteroatoms. The summed E-state index contributed by atoms with van der Waals surface area (Å²) in [5.74, 6) is 0. The fraction of sp³-hybridized carbons (Fsp3) is 0.400. The van der Waals surface area contributed by atoms with Crippen LogP contribution in [-0.2, 0) is 0 Å². The summed E-state index contributed by atoms with van der Waals surface area (Å²) in [5.41, 5.74) is 7.17. The van der Waals surface area contributed by atoms with Gasteiger partial charge in [0, 0.05) is 18.3 Å². The number of imidazole rings is 1. The maximum Gasteiger partial charge on any atom is 0.327 e. The molecule has 0 spiro atoms. The highest BCUT2D eigenvalue weighted by atomic mass is 35.5. The van der Waals surface area contributed by atoms with Gasteiger partial charge in [0.15, 0.2) is 5.65 Å². The Morgan fingerprint density at radius 3 is 2.76 bits per heavy atom. The van der Waals surface area contributed by atoms with Crippen LogP contribution >= 0.6 is 24.8 Å². The maximum atomic E-state index is 11.7. The Bertz CT molecular complexity index is 559. The first-order valence-electron chi connectivity index (χ1n) is 5.06. The molecule has 2 heterocycles. The molecule has 0 radical (unpaired) electrons. The Labute approximate surface area is 110 Å². The third kappa shape index (κ3) is 2.18. The molecule has 1 fully saturated rings. The topological polar surface area (TPSA) is 76.7 Å². The van der Waals surface area contributed by atoms with Crippen molar-refractivity contribution in [3.8, 4) is 0 Å². The number of hydrogen-bond donors (Lipinski definition) is 2. The average molecular weight is 277 g/mol. The van der Waals surface area contributed by atoms with E-state index in [1.165, 1.54) is 0 Å². The second-order valence-electron chi connectivity index (χ2n) is 4.06. The minimum Gasteiger partial charge on any atom is -0.328 e. The Hall–Kier alpha value is -1.04. The number of pyridine rings is 1. The number of nitrogens with one attached hydrogen (secondary N) is 1. The van der Waals surface area contributed by atoms with Gasteiger partial charge in [0.05, 0.1) is 5.52 Å². The van der Waals surface area contributed by atoms with E-state index in [4.69, 9.17) is 5.73 Å². The van der Waals surface area contributed by atoms with Crippen LogP contribution in [0, 0.1) is 0 Å². The molecule has 0 atom stereocenters. The Morgan fingerprint density at radius 1 is 1.41 bits per heavy atom. The van der Waals surface area contributed by atoms with Crippen LogP contribution in [0.15, 0.2) is 23.1 Å². The smallest absolute Gasteiger partial charge is 0.327 e. The molecule has 3 N–H and O–H groups in total. The summed E-state index contributed by atoms with van der Waals surface area (Å²) in [4.78, 5) is 18.7. The number of rotatable bonds is 1. The van der Waals surface area contributed by atoms with Gasteiger partial charge in [-0.2, -0.15) is 0 Å². The number of fused-ring (bicyclic) bond motifs is 1. The largest absolute Gasteiger partial charge is 0.328 e. The van der Waals surface area contributed by atoms with Crippen LogP contribution in [0.4, 0.5) is 0 Å². The molecule has 0 bridgehead atoms. The summed E-state index contributed by atoms with van der Waals surface area (Å²) in [6, 6.07) is 4.13. The number of H-pyrrole nitrogens is 1. The lowest BCUT2D eigenvalue weighted by Crippen LogP contribution is -2.40. The molecule has 0 aromatic carbocycles. The minimum atomic E-state index is -0.0828. The van der Waals surface area contributed by atoms with E-state index in [-0.39, 0.29) is 42.6 Å². The first-order chi connectivity index (χ1) is 7.25. The van der Waals surface area contributed by atoms with E-state index < -0.39 is 0 Å². The van der Waals surface area contributed by atoms with Crippen molar-refractivity contribution in [3.63, 3.8) is 0 Å². The molecule has 0 aliphatic heterocycles. The third-order valence-corrected chi connectivity index (χ3v) is 2.99. The molecule has 94 valence electrons. The molecule has 3 rings (SSSR count). The van der Waals surface area contributed by atoms with Crippen LogP contribution in [0.1, 0.15) is 18.9 Å². The molecule has 0 amide bonds. The van der Waals surface area contributed by atoms with E-state index in [2.05, 4.69) is 9.97 Å². The number of nitrogens with two attached hydrogens (primary N) is 1. The summed E-state index contributed by atoms with van der Waals surface area (Å²) < 4.78 is 1.72. The van der Waals surface area contributed by atoms with Crippen molar-refractivity contribution in [2.45, 2.75) is 24.9 Å². The lowest BCUT2D eigenvalue weighted by molar-refractivity contribution is 0.266. The molecule has 2 aromatic rings. The zero-order valence-corrected chi connectivity index (χ0v) is 10.6. The number of aromatic amines is 1. The molecule has 5 nitrogen and oxygen atoms in total. The predicted octanol–water partition coefficient (Wildman–Crippen LogP) is 1.23. The van der Waals surface area contributed by atoms with E-state index in [9.17, 15) is 4.79 Å². The van der Waals surface area contributed by atoms with Crippen LogP contribution in [0.5, 0.6) is 0 Å². The Kier molecular flexibility index (Phi) is 4.19. The van der Waals surface area contributed by atoms with Crippen LogP contribution < -0.4 is 11.4 Å². The van der Waals surface area contributed by atoms with Crippen molar-refractivity contribution in [1.29, 1.82) is 0 Å². The van der Waals surface area contributed by atoms with Crippen LogP contribution in [0.25, 0.3) is 11.2 Å². The number of hydrogen-bond acceptors (Lipinski definition) is 3. The van der Waals surface area contributed by atoms with Gasteiger partial charge in [-0.25, -0.2) is 9.78 Å². The van der Waals surface area contributed by atoms with E-state index in [1.807, 2.05) is 12.1 Å². The van der Waals surface area contributed by atoms with Gasteiger partial charge in [-0.3, -0.25) is 4.57 Å². The first kappa shape index (κ1) is 14.0. The van der Waals surface area contributed by atoms with Gasteiger partial charge in [-0.05, 0) is 25.0 Å². The van der Waals surface area contributed by atoms with Gasteiger partial charge in [-0.1, -0.05) is 0 Å². The van der Waals surface area contributed by atoms with Crippen molar-refractivity contribution >= 4 is 36.0 Å². The van der Waals surface area contributed by atoms with E-state index >= 15 is 0 Å². The number of halogens is 2. The van der Waals surface area contributed by atoms with Crippen molar-refractivity contribution in [2.75, 3.05) is 0 Å². The Morgan fingerprint density at radius 2 is 2.12 bits per heavy atom. The second-order valence-corrected chi connectivity index (χ2v) is 4.06. The normalized spacial score (nSPS) is 22.4. The molecule has 1 saturated carbocycles. The molecule has 2 aromatic heterocycles. The molecule has 0 unspecified atom stereocenters. The van der Waals surface area contributed by atoms with E-state index in [0.717, 1.165) is 24.0 Å². The SMILES string of the molecule is Cl.Cl.NC1CC(n2c(=O)[nH]c3cccnc32)C1. The van der Waals surface area contributed by atoms with Crippen LogP contribution in [0.2, 0.25) is 0 Å². The number of aromatic nitrogens is 3. The van der Waals surface area contributed by atoms with Gasteiger partial charge < -0.3 is 10.7 Å². The number of nitrogens with zero attached hydrogens (tertiary/aromatic N) is 2. The fourth-order valence-corrected chi connectivity index (χ4v) is 2.14. The second kappa shape index (κ2) is 5.08. The molecule has 0 saturated heterocycles. The minimum absolute atomic E-state index is 0. The average Bonchev–Trinajstić information content (AvgIpc) is 2.49. The van der Waals surface area contributed by atoms with E-state index in [1.54, 1.807) is 10.8 Å². The first-order valence-corrected chi connectivity index (χ1v) is 5.06. The van der Waals surface area contributed by atoms with Crippen LogP contribution in [0.3, 0.4) is 0 Å². The van der Waals surface area contributed by atoms with E-state index in [0.29, 0.717) is 0 Å². The monoisotopic (exact) mass is 276 g/mol. The molecule has 17 heavy (non-hydrogen) atoms. The molecule has 1 aliphatic rings. The van der Waals surface area contributed by atoms with Gasteiger partial charge in [0.25, 0.3) is 0 Å². The molecular formula is C10H14Cl2N4O. The van der Waals surface area contributed by atoms with Crippen molar-refractivity contribution in [1.82, 2.24) is 14.5 Å². The summed E-state index contributed by atoms with van der Waals surface area (Å²) >= 11 is 0. The van der Waals surface area contributed by atoms with Gasteiger partial charge in [0.1, 0.15) is 0 Å². The highest BCUT2D eigenvalue weighted by Crippen LogP contribution is 2.31. The quantitative estimate of drug-likeness (QED) is 0.823. The zero-order chi connectivity index (χ0) is 10.4. The van der Waals surface area contributed by atoms with Crippen LogP contribution in [-0.4, -0.2) is 20.6 Å². The molecule has 1 aliphatic carbocycles. The zero-order valence-electron chi connectivity index (χ0n) is 9.00. The van der Waals surface area contributed by atoms with Gasteiger partial charge >= 0.3 is 5.69 Å². The Balaban J connectivity index is 0.000000722. The standard InChI is InChI=1S/C10H12N4O.2ClH/c11-6-4-7(5-6)14-9-8(13-10(14)15)2-1-3-12-9;;/h1-3,6-7H,4-5,11H2,(H,13,15);2*1H. The fourth-order valence-electron chi connectivity index (χ4n) is 2.14. The maximum absolute atomic E-state index is 11.7.